The molecule has 30 heavy (non-hydrogen) atoms. The van der Waals surface area contributed by atoms with Crippen molar-refractivity contribution in [2.45, 2.75) is 11.1 Å². The van der Waals surface area contributed by atoms with Gasteiger partial charge in [0.1, 0.15) is 4.21 Å². The minimum Gasteiger partial charge on any atom is -0.326 e. The summed E-state index contributed by atoms with van der Waals surface area (Å²) in [6.07, 6.45) is 1.44. The van der Waals surface area contributed by atoms with Gasteiger partial charge in [-0.15, -0.1) is 11.3 Å². The topological polar surface area (TPSA) is 117 Å². The van der Waals surface area contributed by atoms with Crippen molar-refractivity contribution < 1.29 is 18.0 Å². The SMILES string of the molecule is CC(=O)Nc1ccc(C=NNC(=O)c2ccccc2NS(=O)(=O)c2cccs2)cc1. The van der Waals surface area contributed by atoms with Crippen LogP contribution < -0.4 is 15.5 Å². The molecule has 8 nitrogen and oxygen atoms in total. The van der Waals surface area contributed by atoms with Crippen molar-refractivity contribution in [2.75, 3.05) is 10.0 Å². The monoisotopic (exact) mass is 442 g/mol. The molecule has 0 aliphatic heterocycles. The fourth-order valence-corrected chi connectivity index (χ4v) is 4.54. The maximum absolute atomic E-state index is 12.5. The second kappa shape index (κ2) is 9.33. The van der Waals surface area contributed by atoms with E-state index in [2.05, 4.69) is 20.6 Å². The normalized spacial score (nSPS) is 11.2. The molecule has 0 saturated carbocycles. The second-order valence-electron chi connectivity index (χ2n) is 6.09. The maximum atomic E-state index is 12.5. The molecule has 0 bridgehead atoms. The van der Waals surface area contributed by atoms with E-state index in [0.717, 1.165) is 11.3 Å². The number of benzene rings is 2. The first-order valence-corrected chi connectivity index (χ1v) is 11.1. The van der Waals surface area contributed by atoms with Crippen LogP contribution in [-0.2, 0) is 14.8 Å². The van der Waals surface area contributed by atoms with Crippen molar-refractivity contribution >= 4 is 50.8 Å². The summed E-state index contributed by atoms with van der Waals surface area (Å²) in [7, 11) is -3.78. The van der Waals surface area contributed by atoms with Gasteiger partial charge in [0, 0.05) is 12.6 Å². The zero-order chi connectivity index (χ0) is 21.6. The Bertz CT molecular complexity index is 1170. The highest BCUT2D eigenvalue weighted by Gasteiger charge is 2.19. The van der Waals surface area contributed by atoms with Crippen LogP contribution >= 0.6 is 11.3 Å². The number of hydrazone groups is 1. The highest BCUT2D eigenvalue weighted by atomic mass is 32.2. The number of hydrogen-bond acceptors (Lipinski definition) is 6. The highest BCUT2D eigenvalue weighted by molar-refractivity contribution is 7.94. The Morgan fingerprint density at radius 3 is 2.40 bits per heavy atom. The van der Waals surface area contributed by atoms with Gasteiger partial charge in [-0.2, -0.15) is 5.10 Å². The fourth-order valence-electron chi connectivity index (χ4n) is 2.46. The van der Waals surface area contributed by atoms with Gasteiger partial charge in [-0.05, 0) is 41.3 Å². The molecule has 1 aromatic heterocycles. The highest BCUT2D eigenvalue weighted by Crippen LogP contribution is 2.22. The summed E-state index contributed by atoms with van der Waals surface area (Å²) >= 11 is 1.08. The Kier molecular flexibility index (Phi) is 6.60. The number of nitrogens with zero attached hydrogens (tertiary/aromatic N) is 1. The van der Waals surface area contributed by atoms with Gasteiger partial charge >= 0.3 is 0 Å². The molecule has 0 aliphatic rings. The first kappa shape index (κ1) is 21.2. The van der Waals surface area contributed by atoms with Gasteiger partial charge in [0.15, 0.2) is 0 Å². The molecule has 0 spiro atoms. The van der Waals surface area contributed by atoms with Crippen LogP contribution in [0.4, 0.5) is 11.4 Å². The van der Waals surface area contributed by atoms with Crippen LogP contribution in [0.15, 0.2) is 75.4 Å². The van der Waals surface area contributed by atoms with Gasteiger partial charge in [-0.1, -0.05) is 30.3 Å². The van der Waals surface area contributed by atoms with Gasteiger partial charge in [-0.3, -0.25) is 14.3 Å². The van der Waals surface area contributed by atoms with Crippen molar-refractivity contribution in [1.29, 1.82) is 0 Å². The van der Waals surface area contributed by atoms with Gasteiger partial charge in [-0.25, -0.2) is 13.8 Å². The number of nitrogens with one attached hydrogen (secondary N) is 3. The molecular weight excluding hydrogens is 424 g/mol. The van der Waals surface area contributed by atoms with E-state index in [4.69, 9.17) is 0 Å². The standard InChI is InChI=1S/C20H18N4O4S2/c1-14(25)22-16-10-8-15(9-11-16)13-21-23-20(26)17-5-2-3-6-18(17)24-30(27,28)19-7-4-12-29-19/h2-13,24H,1H3,(H,22,25)(H,23,26). The molecule has 0 radical (unpaired) electrons. The molecule has 0 unspecified atom stereocenters. The third kappa shape index (κ3) is 5.52. The summed E-state index contributed by atoms with van der Waals surface area (Å²) in [5.74, 6) is -0.734. The lowest BCUT2D eigenvalue weighted by Crippen LogP contribution is -2.21. The van der Waals surface area contributed by atoms with E-state index in [-0.39, 0.29) is 21.4 Å². The average Bonchev–Trinajstić information content (AvgIpc) is 3.25. The van der Waals surface area contributed by atoms with Gasteiger partial charge in [0.2, 0.25) is 5.91 Å². The van der Waals surface area contributed by atoms with Crippen molar-refractivity contribution in [3.05, 3.63) is 77.2 Å². The number of anilines is 2. The molecule has 2 amide bonds. The minimum atomic E-state index is -3.78. The van der Waals surface area contributed by atoms with Crippen molar-refractivity contribution in [3.63, 3.8) is 0 Å². The summed E-state index contributed by atoms with van der Waals surface area (Å²) in [5, 5.41) is 8.22. The molecule has 154 valence electrons. The number of thiophene rings is 1. The summed E-state index contributed by atoms with van der Waals surface area (Å²) in [4.78, 5) is 23.5. The molecular formula is C20H18N4O4S2. The summed E-state index contributed by atoms with van der Waals surface area (Å²) in [6, 6.07) is 16.2. The number of sulfonamides is 1. The third-order valence-electron chi connectivity index (χ3n) is 3.79. The van der Waals surface area contributed by atoms with Gasteiger partial charge in [0.05, 0.1) is 17.5 Å². The molecule has 0 fully saturated rings. The van der Waals surface area contributed by atoms with Crippen molar-refractivity contribution in [2.24, 2.45) is 5.10 Å². The molecule has 0 aliphatic carbocycles. The maximum Gasteiger partial charge on any atom is 0.273 e. The van der Waals surface area contributed by atoms with E-state index >= 15 is 0 Å². The smallest absolute Gasteiger partial charge is 0.273 e. The largest absolute Gasteiger partial charge is 0.326 e. The zero-order valence-electron chi connectivity index (χ0n) is 15.8. The Labute approximate surface area is 177 Å². The number of carbonyl (C=O) groups excluding carboxylic acids is 2. The molecule has 1 heterocycles. The number of para-hydroxylation sites is 1. The number of rotatable bonds is 7. The van der Waals surface area contributed by atoms with Crippen molar-refractivity contribution in [1.82, 2.24) is 5.43 Å². The molecule has 0 saturated heterocycles. The van der Waals surface area contributed by atoms with Crippen LogP contribution in [0.2, 0.25) is 0 Å². The lowest BCUT2D eigenvalue weighted by atomic mass is 10.2. The molecule has 0 atom stereocenters. The van der Waals surface area contributed by atoms with Crippen LogP contribution in [0.3, 0.4) is 0 Å². The van der Waals surface area contributed by atoms with Crippen LogP contribution in [0.25, 0.3) is 0 Å². The van der Waals surface area contributed by atoms with E-state index in [9.17, 15) is 18.0 Å². The lowest BCUT2D eigenvalue weighted by Gasteiger charge is -2.10. The molecule has 3 N–H and O–H groups in total. The number of carbonyl (C=O) groups is 2. The van der Waals surface area contributed by atoms with Gasteiger partial charge < -0.3 is 5.32 Å². The molecule has 3 aromatic rings. The van der Waals surface area contributed by atoms with Crippen LogP contribution in [0, 0.1) is 0 Å². The summed E-state index contributed by atoms with van der Waals surface area (Å²) < 4.78 is 27.5. The quantitative estimate of drug-likeness (QED) is 0.384. The number of hydrogen-bond donors (Lipinski definition) is 3. The first-order valence-electron chi connectivity index (χ1n) is 8.71. The predicted molar refractivity (Wildman–Crippen MR) is 117 cm³/mol. The van der Waals surface area contributed by atoms with Crippen LogP contribution in [-0.4, -0.2) is 26.4 Å². The fraction of sp³-hybridized carbons (Fsp3) is 0.0500. The Balaban J connectivity index is 1.69. The third-order valence-corrected chi connectivity index (χ3v) is 6.55. The van der Waals surface area contributed by atoms with Crippen LogP contribution in [0.1, 0.15) is 22.8 Å². The van der Waals surface area contributed by atoms with Crippen molar-refractivity contribution in [3.8, 4) is 0 Å². The van der Waals surface area contributed by atoms with E-state index in [1.165, 1.54) is 31.3 Å². The van der Waals surface area contributed by atoms with Crippen LogP contribution in [0.5, 0.6) is 0 Å². The molecule has 2 aromatic carbocycles. The van der Waals surface area contributed by atoms with E-state index in [0.29, 0.717) is 11.3 Å². The molecule has 3 rings (SSSR count). The summed E-state index contributed by atoms with van der Waals surface area (Å²) in [5.41, 5.74) is 4.02. The van der Waals surface area contributed by atoms with E-state index in [1.54, 1.807) is 47.8 Å². The predicted octanol–water partition coefficient (Wildman–Crippen LogP) is 3.27. The first-order chi connectivity index (χ1) is 14.3. The lowest BCUT2D eigenvalue weighted by molar-refractivity contribution is -0.114. The number of amides is 2. The Morgan fingerprint density at radius 2 is 1.73 bits per heavy atom. The second-order valence-corrected chi connectivity index (χ2v) is 8.94. The molecule has 10 heteroatoms. The average molecular weight is 443 g/mol. The van der Waals surface area contributed by atoms with Gasteiger partial charge in [0.25, 0.3) is 15.9 Å². The van der Waals surface area contributed by atoms with E-state index < -0.39 is 15.9 Å². The Hall–Kier alpha value is -3.50. The zero-order valence-corrected chi connectivity index (χ0v) is 17.5. The summed E-state index contributed by atoms with van der Waals surface area (Å²) in [6.45, 7) is 1.42. The van der Waals surface area contributed by atoms with E-state index in [1.807, 2.05) is 0 Å². The Morgan fingerprint density at radius 1 is 1.00 bits per heavy atom. The minimum absolute atomic E-state index is 0.135.